The molecule has 0 amide bonds. The minimum absolute atomic E-state index is 0.0993. The number of furan rings is 1. The summed E-state index contributed by atoms with van der Waals surface area (Å²) in [5.74, 6) is 6.51. The number of aliphatic carboxylic acids is 1. The Morgan fingerprint density at radius 2 is 1.96 bits per heavy atom. The van der Waals surface area contributed by atoms with Gasteiger partial charge >= 0.3 is 5.97 Å². The largest absolute Gasteiger partial charge is 0.481 e. The van der Waals surface area contributed by atoms with E-state index in [0.29, 0.717) is 22.5 Å². The average molecular weight is 375 g/mol. The number of nitrogens with one attached hydrogen (secondary N) is 1. The molecule has 2 aromatic heterocycles. The second-order valence-electron chi connectivity index (χ2n) is 5.62. The predicted molar refractivity (Wildman–Crippen MR) is 102 cm³/mol. The van der Waals surface area contributed by atoms with Crippen LogP contribution in [0.1, 0.15) is 11.3 Å². The smallest absolute Gasteiger partial charge is 0.313 e. The molecule has 0 unspecified atom stereocenters. The molecule has 0 saturated carbocycles. The van der Waals surface area contributed by atoms with Crippen molar-refractivity contribution in [3.05, 3.63) is 65.9 Å². The topological polar surface area (TPSA) is 92.0 Å². The molecule has 27 heavy (non-hydrogen) atoms. The number of fused-ring (bicyclic) bond motifs is 1. The van der Waals surface area contributed by atoms with Crippen LogP contribution in [-0.4, -0.2) is 32.0 Å². The van der Waals surface area contributed by atoms with Crippen molar-refractivity contribution in [1.29, 1.82) is 0 Å². The second-order valence-corrected chi connectivity index (χ2v) is 6.57. The molecule has 4 aromatic rings. The molecule has 0 spiro atoms. The van der Waals surface area contributed by atoms with Crippen molar-refractivity contribution in [2.75, 3.05) is 5.75 Å². The Bertz CT molecular complexity index is 1180. The van der Waals surface area contributed by atoms with Crippen LogP contribution < -0.4 is 0 Å². The number of aromatic nitrogens is 3. The molecule has 2 aromatic carbocycles. The van der Waals surface area contributed by atoms with Crippen LogP contribution in [0.5, 0.6) is 0 Å². The summed E-state index contributed by atoms with van der Waals surface area (Å²) < 4.78 is 5.68. The lowest BCUT2D eigenvalue weighted by Crippen LogP contribution is -1.97. The van der Waals surface area contributed by atoms with Crippen LogP contribution in [0.25, 0.3) is 22.4 Å². The Kier molecular flexibility index (Phi) is 4.64. The molecular formula is C20H13N3O3S. The first-order valence-corrected chi connectivity index (χ1v) is 9.04. The first-order chi connectivity index (χ1) is 13.2. The van der Waals surface area contributed by atoms with Gasteiger partial charge in [0.05, 0.1) is 5.75 Å². The monoisotopic (exact) mass is 375 g/mol. The number of aromatic amines is 1. The number of H-pyrrole nitrogens is 1. The number of rotatable bonds is 4. The van der Waals surface area contributed by atoms with E-state index in [2.05, 4.69) is 39.2 Å². The summed E-state index contributed by atoms with van der Waals surface area (Å²) >= 11 is 1.04. The maximum atomic E-state index is 10.6. The Morgan fingerprint density at radius 3 is 2.81 bits per heavy atom. The van der Waals surface area contributed by atoms with Gasteiger partial charge in [0, 0.05) is 5.56 Å². The van der Waals surface area contributed by atoms with Crippen molar-refractivity contribution >= 4 is 28.5 Å². The van der Waals surface area contributed by atoms with Gasteiger partial charge in [-0.25, -0.2) is 0 Å². The summed E-state index contributed by atoms with van der Waals surface area (Å²) in [4.78, 5) is 14.8. The number of hydrogen-bond acceptors (Lipinski definition) is 5. The normalized spacial score (nSPS) is 10.5. The molecular weight excluding hydrogens is 362 g/mol. The summed E-state index contributed by atoms with van der Waals surface area (Å²) in [5, 5.41) is 18.1. The van der Waals surface area contributed by atoms with Crippen LogP contribution in [0.2, 0.25) is 0 Å². The first-order valence-electron chi connectivity index (χ1n) is 8.05. The number of thioether (sulfide) groups is 1. The molecule has 0 radical (unpaired) electrons. The maximum Gasteiger partial charge on any atom is 0.313 e. The lowest BCUT2D eigenvalue weighted by Gasteiger charge is -1.97. The summed E-state index contributed by atoms with van der Waals surface area (Å²) in [7, 11) is 0. The summed E-state index contributed by atoms with van der Waals surface area (Å²) in [6.45, 7) is 0. The maximum absolute atomic E-state index is 10.6. The van der Waals surface area contributed by atoms with Gasteiger partial charge in [0.25, 0.3) is 0 Å². The molecule has 6 nitrogen and oxygen atoms in total. The summed E-state index contributed by atoms with van der Waals surface area (Å²) in [6.07, 6.45) is 0. The fourth-order valence-corrected chi connectivity index (χ4v) is 3.00. The highest BCUT2D eigenvalue weighted by molar-refractivity contribution is 7.99. The van der Waals surface area contributed by atoms with E-state index in [4.69, 9.17) is 9.52 Å². The fourth-order valence-electron chi connectivity index (χ4n) is 2.48. The van der Waals surface area contributed by atoms with Gasteiger partial charge in [-0.05, 0) is 41.0 Å². The number of carboxylic acids is 1. The van der Waals surface area contributed by atoms with Crippen LogP contribution >= 0.6 is 11.8 Å². The highest BCUT2D eigenvalue weighted by Crippen LogP contribution is 2.21. The lowest BCUT2D eigenvalue weighted by atomic mass is 10.1. The number of carboxylic acid groups (broad SMARTS) is 1. The van der Waals surface area contributed by atoms with Gasteiger partial charge in [0.2, 0.25) is 5.16 Å². The first kappa shape index (κ1) is 16.9. The van der Waals surface area contributed by atoms with Crippen molar-refractivity contribution in [2.24, 2.45) is 0 Å². The van der Waals surface area contributed by atoms with Crippen molar-refractivity contribution < 1.29 is 14.3 Å². The summed E-state index contributed by atoms with van der Waals surface area (Å²) in [6, 6.07) is 17.7. The SMILES string of the molecule is O=C(O)CSc1n[nH]c(-c2ccc(C#Cc3ccc4ccccc4c3)o2)n1. The third-order valence-corrected chi connectivity index (χ3v) is 4.54. The van der Waals surface area contributed by atoms with Crippen LogP contribution in [0.15, 0.2) is 64.2 Å². The molecule has 132 valence electrons. The van der Waals surface area contributed by atoms with Gasteiger partial charge < -0.3 is 9.52 Å². The molecule has 4 rings (SSSR count). The van der Waals surface area contributed by atoms with Gasteiger partial charge in [0.1, 0.15) is 0 Å². The summed E-state index contributed by atoms with van der Waals surface area (Å²) in [5.41, 5.74) is 0.902. The van der Waals surface area contributed by atoms with E-state index >= 15 is 0 Å². The van der Waals surface area contributed by atoms with Gasteiger partial charge in [-0.3, -0.25) is 9.89 Å². The van der Waals surface area contributed by atoms with Crippen LogP contribution in [0, 0.1) is 11.8 Å². The molecule has 0 saturated heterocycles. The fraction of sp³-hybridized carbons (Fsp3) is 0.0500. The third kappa shape index (κ3) is 4.02. The minimum atomic E-state index is -0.921. The quantitative estimate of drug-likeness (QED) is 0.416. The highest BCUT2D eigenvalue weighted by atomic mass is 32.2. The van der Waals surface area contributed by atoms with Gasteiger partial charge in [0.15, 0.2) is 17.3 Å². The zero-order valence-corrected chi connectivity index (χ0v) is 14.8. The number of carbonyl (C=O) groups is 1. The number of hydrogen-bond donors (Lipinski definition) is 2. The molecule has 2 heterocycles. The molecule has 0 atom stereocenters. The van der Waals surface area contributed by atoms with Crippen molar-refractivity contribution in [1.82, 2.24) is 15.2 Å². The second kappa shape index (κ2) is 7.40. The van der Waals surface area contributed by atoms with E-state index in [0.717, 1.165) is 22.7 Å². The van der Waals surface area contributed by atoms with E-state index in [1.165, 1.54) is 5.39 Å². The Labute approximate surface area is 158 Å². The predicted octanol–water partition coefficient (Wildman–Crippen LogP) is 3.79. The molecule has 0 aliphatic heterocycles. The van der Waals surface area contributed by atoms with Crippen LogP contribution in [-0.2, 0) is 4.79 Å². The van der Waals surface area contributed by atoms with Gasteiger partial charge in [-0.1, -0.05) is 48.0 Å². The van der Waals surface area contributed by atoms with Gasteiger partial charge in [-0.15, -0.1) is 5.10 Å². The van der Waals surface area contributed by atoms with E-state index in [1.54, 1.807) is 12.1 Å². The number of nitrogens with zero attached hydrogens (tertiary/aromatic N) is 2. The minimum Gasteiger partial charge on any atom is -0.481 e. The van der Waals surface area contributed by atoms with E-state index in [1.807, 2.05) is 30.3 Å². The van der Waals surface area contributed by atoms with Crippen LogP contribution in [0.3, 0.4) is 0 Å². The van der Waals surface area contributed by atoms with Gasteiger partial charge in [-0.2, -0.15) is 4.98 Å². The van der Waals surface area contributed by atoms with E-state index in [9.17, 15) is 4.79 Å². The lowest BCUT2D eigenvalue weighted by molar-refractivity contribution is -0.133. The molecule has 0 aliphatic rings. The highest BCUT2D eigenvalue weighted by Gasteiger charge is 2.11. The zero-order chi connectivity index (χ0) is 18.6. The average Bonchev–Trinajstić information content (AvgIpc) is 3.34. The molecule has 0 bridgehead atoms. The van der Waals surface area contributed by atoms with Crippen molar-refractivity contribution in [3.8, 4) is 23.4 Å². The Hall–Kier alpha value is -3.50. The number of benzene rings is 2. The zero-order valence-electron chi connectivity index (χ0n) is 14.0. The van der Waals surface area contributed by atoms with Crippen molar-refractivity contribution in [2.45, 2.75) is 5.16 Å². The third-order valence-electron chi connectivity index (χ3n) is 3.71. The Morgan fingerprint density at radius 1 is 1.11 bits per heavy atom. The van der Waals surface area contributed by atoms with Crippen LogP contribution in [0.4, 0.5) is 0 Å². The Balaban J connectivity index is 1.51. The molecule has 7 heteroatoms. The standard InChI is InChI=1S/C20H13N3O3S/c24-18(25)12-27-20-21-19(22-23-20)17-10-9-16(26-17)8-6-13-5-7-14-3-1-2-4-15(14)11-13/h1-5,7,9-11H,12H2,(H,24,25)(H,21,22,23). The molecule has 0 fully saturated rings. The van der Waals surface area contributed by atoms with E-state index in [-0.39, 0.29) is 5.75 Å². The molecule has 0 aliphatic carbocycles. The van der Waals surface area contributed by atoms with Crippen molar-refractivity contribution in [3.63, 3.8) is 0 Å². The van der Waals surface area contributed by atoms with E-state index < -0.39 is 5.97 Å². The molecule has 2 N–H and O–H groups in total.